The normalized spacial score (nSPS) is 11.6. The van der Waals surface area contributed by atoms with Crippen LogP contribution in [-0.2, 0) is 6.54 Å². The van der Waals surface area contributed by atoms with Crippen molar-refractivity contribution in [2.75, 3.05) is 5.32 Å². The van der Waals surface area contributed by atoms with Crippen LogP contribution in [0.4, 0.5) is 10.2 Å². The number of halogens is 1. The zero-order valence-corrected chi connectivity index (χ0v) is 14.3. The third kappa shape index (κ3) is 4.63. The number of benzene rings is 2. The molecule has 6 heteroatoms. The van der Waals surface area contributed by atoms with E-state index >= 15 is 0 Å². The maximum Gasteiger partial charge on any atom is 0.272 e. The van der Waals surface area contributed by atoms with Crippen LogP contribution in [0.3, 0.4) is 0 Å². The number of hydrogen-bond acceptors (Lipinski definition) is 4. The van der Waals surface area contributed by atoms with Crippen molar-refractivity contribution in [1.29, 1.82) is 0 Å². The van der Waals surface area contributed by atoms with Gasteiger partial charge in [-0.25, -0.2) is 4.39 Å². The fraction of sp³-hybridized carbons (Fsp3) is 0.150. The Bertz CT molecular complexity index is 851. The van der Waals surface area contributed by atoms with Gasteiger partial charge in [-0.3, -0.25) is 4.79 Å². The number of carbonyl (C=O) groups excluding carboxylic acids is 1. The molecule has 3 rings (SSSR count). The summed E-state index contributed by atoms with van der Waals surface area (Å²) in [7, 11) is 0. The van der Waals surface area contributed by atoms with Crippen molar-refractivity contribution in [3.63, 3.8) is 0 Å². The Kier molecular flexibility index (Phi) is 5.53. The SMILES string of the molecule is CC(Nc1ccc(C(=O)NCc2ccc(F)cc2)nn1)c1ccccc1. The number of hydrogen-bond donors (Lipinski definition) is 2. The number of carbonyl (C=O) groups is 1. The summed E-state index contributed by atoms with van der Waals surface area (Å²) in [6.45, 7) is 2.33. The van der Waals surface area contributed by atoms with E-state index in [1.165, 1.54) is 12.1 Å². The minimum Gasteiger partial charge on any atom is -0.362 e. The van der Waals surface area contributed by atoms with E-state index in [9.17, 15) is 9.18 Å². The first-order chi connectivity index (χ1) is 12.6. The van der Waals surface area contributed by atoms with Crippen molar-refractivity contribution >= 4 is 11.7 Å². The molecule has 26 heavy (non-hydrogen) atoms. The Morgan fingerprint density at radius 3 is 2.38 bits per heavy atom. The monoisotopic (exact) mass is 350 g/mol. The summed E-state index contributed by atoms with van der Waals surface area (Å²) in [5, 5.41) is 14.0. The summed E-state index contributed by atoms with van der Waals surface area (Å²) >= 11 is 0. The number of aromatic nitrogens is 2. The summed E-state index contributed by atoms with van der Waals surface area (Å²) in [6, 6.07) is 19.4. The molecule has 1 atom stereocenters. The highest BCUT2D eigenvalue weighted by molar-refractivity contribution is 5.92. The van der Waals surface area contributed by atoms with E-state index in [4.69, 9.17) is 0 Å². The molecule has 5 nitrogen and oxygen atoms in total. The first kappa shape index (κ1) is 17.5. The first-order valence-electron chi connectivity index (χ1n) is 8.29. The van der Waals surface area contributed by atoms with E-state index in [0.29, 0.717) is 12.4 Å². The summed E-state index contributed by atoms with van der Waals surface area (Å²) in [6.07, 6.45) is 0. The number of amides is 1. The molecule has 0 aliphatic rings. The summed E-state index contributed by atoms with van der Waals surface area (Å²) in [4.78, 5) is 12.1. The van der Waals surface area contributed by atoms with Crippen LogP contribution in [0, 0.1) is 5.82 Å². The Hall–Kier alpha value is -3.28. The van der Waals surface area contributed by atoms with Crippen LogP contribution in [0.15, 0.2) is 66.7 Å². The summed E-state index contributed by atoms with van der Waals surface area (Å²) < 4.78 is 12.9. The molecular formula is C20H19FN4O. The van der Waals surface area contributed by atoms with Gasteiger partial charge in [0.2, 0.25) is 0 Å². The smallest absolute Gasteiger partial charge is 0.272 e. The Balaban J connectivity index is 1.56. The van der Waals surface area contributed by atoms with E-state index in [0.717, 1.165) is 11.1 Å². The molecule has 1 amide bonds. The minimum atomic E-state index is -0.329. The standard InChI is InChI=1S/C20H19FN4O/c1-14(16-5-3-2-4-6-16)23-19-12-11-18(24-25-19)20(26)22-13-15-7-9-17(21)10-8-15/h2-12,14H,13H2,1H3,(H,22,26)(H,23,25). The van der Waals surface area contributed by atoms with Gasteiger partial charge in [0.15, 0.2) is 5.69 Å². The molecule has 1 unspecified atom stereocenters. The molecule has 0 saturated heterocycles. The number of anilines is 1. The molecule has 1 aromatic heterocycles. The third-order valence-corrected chi connectivity index (χ3v) is 3.93. The maximum atomic E-state index is 12.9. The summed E-state index contributed by atoms with van der Waals surface area (Å²) in [5.41, 5.74) is 2.17. The molecule has 0 radical (unpaired) electrons. The van der Waals surface area contributed by atoms with E-state index in [-0.39, 0.29) is 23.5 Å². The Labute approximate surface area is 151 Å². The van der Waals surface area contributed by atoms with Gasteiger partial charge in [0.05, 0.1) is 0 Å². The van der Waals surface area contributed by atoms with E-state index in [2.05, 4.69) is 20.8 Å². The second kappa shape index (κ2) is 8.20. The van der Waals surface area contributed by atoms with Crippen molar-refractivity contribution in [1.82, 2.24) is 15.5 Å². The molecule has 0 aliphatic heterocycles. The van der Waals surface area contributed by atoms with Crippen molar-refractivity contribution in [2.45, 2.75) is 19.5 Å². The predicted molar refractivity (Wildman–Crippen MR) is 98.1 cm³/mol. The quantitative estimate of drug-likeness (QED) is 0.711. The van der Waals surface area contributed by atoms with Gasteiger partial charge in [-0.05, 0) is 42.3 Å². The fourth-order valence-electron chi connectivity index (χ4n) is 2.45. The molecule has 0 fully saturated rings. The van der Waals surface area contributed by atoms with Gasteiger partial charge in [0.25, 0.3) is 5.91 Å². The topological polar surface area (TPSA) is 66.9 Å². The number of rotatable bonds is 6. The van der Waals surface area contributed by atoms with E-state index in [1.54, 1.807) is 24.3 Å². The van der Waals surface area contributed by atoms with Crippen LogP contribution in [0.5, 0.6) is 0 Å². The molecule has 2 aromatic carbocycles. The van der Waals surface area contributed by atoms with Crippen molar-refractivity contribution < 1.29 is 9.18 Å². The lowest BCUT2D eigenvalue weighted by Crippen LogP contribution is -2.24. The highest BCUT2D eigenvalue weighted by atomic mass is 19.1. The lowest BCUT2D eigenvalue weighted by Gasteiger charge is -2.14. The lowest BCUT2D eigenvalue weighted by molar-refractivity contribution is 0.0945. The highest BCUT2D eigenvalue weighted by Gasteiger charge is 2.10. The van der Waals surface area contributed by atoms with Crippen LogP contribution in [0.25, 0.3) is 0 Å². The molecule has 0 aliphatic carbocycles. The van der Waals surface area contributed by atoms with Crippen LogP contribution in [-0.4, -0.2) is 16.1 Å². The molecule has 132 valence electrons. The largest absolute Gasteiger partial charge is 0.362 e. The van der Waals surface area contributed by atoms with Crippen LogP contribution >= 0.6 is 0 Å². The van der Waals surface area contributed by atoms with Crippen molar-refractivity contribution in [3.05, 3.63) is 89.4 Å². The maximum absolute atomic E-state index is 12.9. The average molecular weight is 350 g/mol. The highest BCUT2D eigenvalue weighted by Crippen LogP contribution is 2.16. The molecule has 3 aromatic rings. The lowest BCUT2D eigenvalue weighted by atomic mass is 10.1. The van der Waals surface area contributed by atoms with Gasteiger partial charge in [-0.15, -0.1) is 10.2 Å². The van der Waals surface area contributed by atoms with Gasteiger partial charge in [-0.1, -0.05) is 42.5 Å². The molecule has 0 spiro atoms. The Morgan fingerprint density at radius 1 is 1.00 bits per heavy atom. The molecule has 1 heterocycles. The van der Waals surface area contributed by atoms with Crippen molar-refractivity contribution in [3.8, 4) is 0 Å². The molecular weight excluding hydrogens is 331 g/mol. The first-order valence-corrected chi connectivity index (χ1v) is 8.29. The zero-order valence-electron chi connectivity index (χ0n) is 14.3. The number of nitrogens with zero attached hydrogens (tertiary/aromatic N) is 2. The second-order valence-corrected chi connectivity index (χ2v) is 5.89. The van der Waals surface area contributed by atoms with E-state index < -0.39 is 0 Å². The molecule has 0 saturated carbocycles. The minimum absolute atomic E-state index is 0.0728. The number of nitrogens with one attached hydrogen (secondary N) is 2. The van der Waals surface area contributed by atoms with Crippen LogP contribution in [0.2, 0.25) is 0 Å². The fourth-order valence-corrected chi connectivity index (χ4v) is 2.45. The Morgan fingerprint density at radius 2 is 1.73 bits per heavy atom. The molecule has 2 N–H and O–H groups in total. The van der Waals surface area contributed by atoms with Gasteiger partial charge >= 0.3 is 0 Å². The van der Waals surface area contributed by atoms with Gasteiger partial charge in [0.1, 0.15) is 11.6 Å². The molecule has 0 bridgehead atoms. The van der Waals surface area contributed by atoms with E-state index in [1.807, 2.05) is 37.3 Å². The summed E-state index contributed by atoms with van der Waals surface area (Å²) in [5.74, 6) is -0.0420. The van der Waals surface area contributed by atoms with Gasteiger partial charge in [-0.2, -0.15) is 0 Å². The van der Waals surface area contributed by atoms with Crippen LogP contribution < -0.4 is 10.6 Å². The van der Waals surface area contributed by atoms with Crippen molar-refractivity contribution in [2.24, 2.45) is 0 Å². The average Bonchev–Trinajstić information content (AvgIpc) is 2.68. The third-order valence-electron chi connectivity index (χ3n) is 3.93. The van der Waals surface area contributed by atoms with Crippen LogP contribution in [0.1, 0.15) is 34.6 Å². The van der Waals surface area contributed by atoms with Gasteiger partial charge in [0, 0.05) is 12.6 Å². The van der Waals surface area contributed by atoms with Gasteiger partial charge < -0.3 is 10.6 Å². The zero-order chi connectivity index (χ0) is 18.4. The second-order valence-electron chi connectivity index (χ2n) is 5.89. The predicted octanol–water partition coefficient (Wildman–Crippen LogP) is 3.72.